The zero-order valence-corrected chi connectivity index (χ0v) is 11.5. The minimum Gasteiger partial charge on any atom is -0.224 e. The quantitative estimate of drug-likeness (QED) is 0.497. The minimum absolute atomic E-state index is 0.145. The van der Waals surface area contributed by atoms with Gasteiger partial charge >= 0.3 is 12.4 Å². The Bertz CT molecular complexity index is 296. The first-order valence-corrected chi connectivity index (χ1v) is 6.34. The Hall–Kier alpha value is -0.630. The van der Waals surface area contributed by atoms with Crippen molar-refractivity contribution in [3.05, 3.63) is 0 Å². The Morgan fingerprint density at radius 1 is 0.762 bits per heavy atom. The lowest BCUT2D eigenvalue weighted by molar-refractivity contribution is -0.346. The number of alkyl halides is 9. The van der Waals surface area contributed by atoms with Crippen LogP contribution in [-0.2, 0) is 0 Å². The predicted molar refractivity (Wildman–Crippen MR) is 58.8 cm³/mol. The highest BCUT2D eigenvalue weighted by atomic mass is 19.4. The molecule has 0 aromatic heterocycles. The maximum absolute atomic E-state index is 13.6. The molecule has 0 nitrogen and oxygen atoms in total. The monoisotopic (exact) mass is 332 g/mol. The van der Waals surface area contributed by atoms with Crippen molar-refractivity contribution in [3.63, 3.8) is 0 Å². The van der Waals surface area contributed by atoms with E-state index < -0.39 is 42.7 Å². The topological polar surface area (TPSA) is 0 Å². The summed E-state index contributed by atoms with van der Waals surface area (Å²) in [6.07, 6.45) is -15.4. The van der Waals surface area contributed by atoms with Crippen LogP contribution in [0.25, 0.3) is 0 Å². The zero-order chi connectivity index (χ0) is 17.1. The van der Waals surface area contributed by atoms with E-state index in [1.165, 1.54) is 0 Å². The SMILES string of the molecule is CCCCC(CC(C)(F)F)CC(F)(C(F)(F)F)C(F)(F)F. The van der Waals surface area contributed by atoms with Gasteiger partial charge in [0.05, 0.1) is 0 Å². The van der Waals surface area contributed by atoms with E-state index in [1.807, 2.05) is 0 Å². The van der Waals surface area contributed by atoms with Crippen LogP contribution in [0.5, 0.6) is 0 Å². The summed E-state index contributed by atoms with van der Waals surface area (Å²) < 4.78 is 114. The summed E-state index contributed by atoms with van der Waals surface area (Å²) in [5.74, 6) is -5.17. The third-order valence-electron chi connectivity index (χ3n) is 3.08. The van der Waals surface area contributed by atoms with Crippen LogP contribution >= 0.6 is 0 Å². The highest BCUT2D eigenvalue weighted by Gasteiger charge is 2.72. The molecule has 0 radical (unpaired) electrons. The predicted octanol–water partition coefficient (Wildman–Crippen LogP) is 6.06. The van der Waals surface area contributed by atoms with E-state index in [1.54, 1.807) is 6.92 Å². The lowest BCUT2D eigenvalue weighted by Gasteiger charge is -2.33. The van der Waals surface area contributed by atoms with Crippen molar-refractivity contribution >= 4 is 0 Å². The van der Waals surface area contributed by atoms with Gasteiger partial charge in [0.25, 0.3) is 5.67 Å². The zero-order valence-electron chi connectivity index (χ0n) is 11.5. The molecule has 1 unspecified atom stereocenters. The van der Waals surface area contributed by atoms with Gasteiger partial charge in [-0.1, -0.05) is 26.2 Å². The fourth-order valence-corrected chi connectivity index (χ4v) is 2.07. The molecule has 21 heavy (non-hydrogen) atoms. The summed E-state index contributed by atoms with van der Waals surface area (Å²) in [4.78, 5) is 0. The van der Waals surface area contributed by atoms with E-state index in [0.29, 0.717) is 13.3 Å². The number of halogens is 9. The van der Waals surface area contributed by atoms with Gasteiger partial charge in [0.15, 0.2) is 0 Å². The summed E-state index contributed by atoms with van der Waals surface area (Å²) >= 11 is 0. The van der Waals surface area contributed by atoms with Crippen LogP contribution in [0.15, 0.2) is 0 Å². The molecule has 1 atom stereocenters. The van der Waals surface area contributed by atoms with Crippen molar-refractivity contribution in [2.75, 3.05) is 0 Å². The Balaban J connectivity index is 5.32. The van der Waals surface area contributed by atoms with Gasteiger partial charge in [0, 0.05) is 12.8 Å². The number of rotatable bonds is 7. The second kappa shape index (κ2) is 6.64. The number of hydrogen-bond acceptors (Lipinski definition) is 0. The van der Waals surface area contributed by atoms with Crippen LogP contribution in [0.4, 0.5) is 39.5 Å². The Morgan fingerprint density at radius 2 is 1.19 bits per heavy atom. The van der Waals surface area contributed by atoms with Gasteiger partial charge in [0.1, 0.15) is 0 Å². The molecular formula is C12H17F9. The van der Waals surface area contributed by atoms with Crippen LogP contribution in [0, 0.1) is 5.92 Å². The summed E-state index contributed by atoms with van der Waals surface area (Å²) in [5.41, 5.74) is -5.47. The van der Waals surface area contributed by atoms with Crippen molar-refractivity contribution in [2.45, 2.75) is 69.9 Å². The van der Waals surface area contributed by atoms with Crippen LogP contribution in [0.3, 0.4) is 0 Å². The largest absolute Gasteiger partial charge is 0.431 e. The third-order valence-corrected chi connectivity index (χ3v) is 3.08. The average molecular weight is 332 g/mol. The molecule has 0 rings (SSSR count). The highest BCUT2D eigenvalue weighted by Crippen LogP contribution is 2.51. The third kappa shape index (κ3) is 5.94. The van der Waals surface area contributed by atoms with Crippen molar-refractivity contribution in [1.82, 2.24) is 0 Å². The molecule has 0 aliphatic heterocycles. The molecule has 0 aliphatic carbocycles. The fourth-order valence-electron chi connectivity index (χ4n) is 2.07. The van der Waals surface area contributed by atoms with Crippen LogP contribution in [0.1, 0.15) is 46.0 Å². The van der Waals surface area contributed by atoms with Crippen LogP contribution < -0.4 is 0 Å². The summed E-state index contributed by atoms with van der Waals surface area (Å²) in [6.45, 7) is 1.98. The van der Waals surface area contributed by atoms with E-state index in [0.717, 1.165) is 0 Å². The maximum atomic E-state index is 13.6. The Kier molecular flexibility index (Phi) is 6.44. The van der Waals surface area contributed by atoms with Gasteiger partial charge in [-0.3, -0.25) is 0 Å². The second-order valence-electron chi connectivity index (χ2n) is 5.28. The summed E-state index contributed by atoms with van der Waals surface area (Å²) in [6, 6.07) is 0. The van der Waals surface area contributed by atoms with Crippen LogP contribution in [0.2, 0.25) is 0 Å². The molecule has 0 saturated heterocycles. The number of unbranched alkanes of at least 4 members (excludes halogenated alkanes) is 1. The molecule has 0 fully saturated rings. The first-order valence-electron chi connectivity index (χ1n) is 6.34. The van der Waals surface area contributed by atoms with Crippen molar-refractivity contribution in [3.8, 4) is 0 Å². The molecule has 0 spiro atoms. The van der Waals surface area contributed by atoms with E-state index in [-0.39, 0.29) is 12.8 Å². The molecule has 0 aliphatic rings. The molecule has 0 heterocycles. The highest BCUT2D eigenvalue weighted by molar-refractivity contribution is 4.96. The minimum atomic E-state index is -6.20. The molecule has 128 valence electrons. The van der Waals surface area contributed by atoms with Gasteiger partial charge in [-0.25, -0.2) is 13.2 Å². The van der Waals surface area contributed by atoms with Gasteiger partial charge in [-0.2, -0.15) is 26.3 Å². The lowest BCUT2D eigenvalue weighted by Crippen LogP contribution is -2.54. The smallest absolute Gasteiger partial charge is 0.224 e. The molecule has 9 heteroatoms. The van der Waals surface area contributed by atoms with E-state index >= 15 is 0 Å². The molecule has 0 aromatic carbocycles. The standard InChI is InChI=1S/C12H17F9/c1-3-4-5-8(6-9(2,13)14)7-10(15,11(16,17)18)12(19,20)21/h8H,3-7H2,1-2H3. The fraction of sp³-hybridized carbons (Fsp3) is 1.00. The molecule has 0 aromatic rings. The Morgan fingerprint density at radius 3 is 1.48 bits per heavy atom. The maximum Gasteiger partial charge on any atom is 0.431 e. The average Bonchev–Trinajstić information content (AvgIpc) is 2.20. The first-order chi connectivity index (χ1) is 9.14. The van der Waals surface area contributed by atoms with Gasteiger partial charge in [-0.15, -0.1) is 0 Å². The summed E-state index contributed by atoms with van der Waals surface area (Å²) in [7, 11) is 0. The molecule has 0 N–H and O–H groups in total. The van der Waals surface area contributed by atoms with E-state index in [4.69, 9.17) is 0 Å². The number of hydrogen-bond donors (Lipinski definition) is 0. The molecule has 0 amide bonds. The van der Waals surface area contributed by atoms with Crippen molar-refractivity contribution < 1.29 is 39.5 Å². The first kappa shape index (κ1) is 20.4. The van der Waals surface area contributed by atoms with E-state index in [2.05, 4.69) is 0 Å². The second-order valence-corrected chi connectivity index (χ2v) is 5.28. The molecular weight excluding hydrogens is 315 g/mol. The normalized spacial score (nSPS) is 16.1. The van der Waals surface area contributed by atoms with Crippen LogP contribution in [-0.4, -0.2) is 23.9 Å². The van der Waals surface area contributed by atoms with Gasteiger partial charge in [0.2, 0.25) is 5.92 Å². The molecule has 0 saturated carbocycles. The van der Waals surface area contributed by atoms with Crippen molar-refractivity contribution in [1.29, 1.82) is 0 Å². The molecule has 0 bridgehead atoms. The Labute approximate surface area is 116 Å². The van der Waals surface area contributed by atoms with Gasteiger partial charge in [-0.05, 0) is 12.8 Å². The summed E-state index contributed by atoms with van der Waals surface area (Å²) in [5, 5.41) is 0. The van der Waals surface area contributed by atoms with E-state index in [9.17, 15) is 39.5 Å². The van der Waals surface area contributed by atoms with Crippen molar-refractivity contribution in [2.24, 2.45) is 5.92 Å². The van der Waals surface area contributed by atoms with Gasteiger partial charge < -0.3 is 0 Å². The lowest BCUT2D eigenvalue weighted by atomic mass is 9.84.